The average Bonchev–Trinajstić information content (AvgIpc) is 2.94. The smallest absolute Gasteiger partial charge is 0.240 e. The Hall–Kier alpha value is -1.96. The number of hydrazine groups is 1. The van der Waals surface area contributed by atoms with Gasteiger partial charge in [-0.3, -0.25) is 9.59 Å². The fraction of sp³-hybridized carbons (Fsp3) is 0.412. The standard InChI is InChI=1S/C17H20N4O2S/c1-11-17-20(8-15(22)18-11)16(23)9-19(2)21(17)7-12-10-24-14-6-4-3-5-13(12)14/h3-6,10-11,17H,7-9H2,1-2H3,(H,18,22). The molecule has 126 valence electrons. The minimum Gasteiger partial charge on any atom is -0.349 e. The van der Waals surface area contributed by atoms with E-state index < -0.39 is 0 Å². The molecule has 7 heteroatoms. The van der Waals surface area contributed by atoms with Crippen molar-refractivity contribution in [1.29, 1.82) is 0 Å². The fourth-order valence-electron chi connectivity index (χ4n) is 3.67. The molecule has 24 heavy (non-hydrogen) atoms. The van der Waals surface area contributed by atoms with Crippen LogP contribution in [0, 0.1) is 0 Å². The molecule has 2 aliphatic rings. The Morgan fingerprint density at radius 3 is 2.88 bits per heavy atom. The minimum atomic E-state index is -0.146. The molecule has 2 aliphatic heterocycles. The number of fused-ring (bicyclic) bond motifs is 2. The summed E-state index contributed by atoms with van der Waals surface area (Å²) in [4.78, 5) is 25.9. The number of nitrogens with zero attached hydrogens (tertiary/aromatic N) is 3. The summed E-state index contributed by atoms with van der Waals surface area (Å²) < 4.78 is 1.27. The van der Waals surface area contributed by atoms with Crippen LogP contribution in [-0.2, 0) is 16.1 Å². The predicted octanol–water partition coefficient (Wildman–Crippen LogP) is 1.24. The maximum Gasteiger partial charge on any atom is 0.240 e. The van der Waals surface area contributed by atoms with Gasteiger partial charge >= 0.3 is 0 Å². The van der Waals surface area contributed by atoms with Crippen LogP contribution >= 0.6 is 11.3 Å². The Labute approximate surface area is 144 Å². The van der Waals surface area contributed by atoms with E-state index in [1.54, 1.807) is 16.2 Å². The zero-order valence-corrected chi connectivity index (χ0v) is 14.5. The topological polar surface area (TPSA) is 55.9 Å². The summed E-state index contributed by atoms with van der Waals surface area (Å²) in [5.41, 5.74) is 1.25. The highest BCUT2D eigenvalue weighted by molar-refractivity contribution is 7.17. The van der Waals surface area contributed by atoms with Crippen LogP contribution < -0.4 is 5.32 Å². The van der Waals surface area contributed by atoms with Crippen LogP contribution in [0.5, 0.6) is 0 Å². The van der Waals surface area contributed by atoms with E-state index in [4.69, 9.17) is 0 Å². The van der Waals surface area contributed by atoms with Crippen molar-refractivity contribution in [2.24, 2.45) is 0 Å². The van der Waals surface area contributed by atoms with Crippen molar-refractivity contribution in [1.82, 2.24) is 20.2 Å². The molecule has 2 saturated heterocycles. The summed E-state index contributed by atoms with van der Waals surface area (Å²) in [6, 6.07) is 8.26. The summed E-state index contributed by atoms with van der Waals surface area (Å²) in [6.07, 6.45) is -0.146. The lowest BCUT2D eigenvalue weighted by Gasteiger charge is -2.52. The van der Waals surface area contributed by atoms with Gasteiger partial charge in [-0.05, 0) is 29.3 Å². The predicted molar refractivity (Wildman–Crippen MR) is 93.1 cm³/mol. The molecular formula is C17H20N4O2S. The highest BCUT2D eigenvalue weighted by atomic mass is 32.1. The lowest BCUT2D eigenvalue weighted by Crippen LogP contribution is -2.73. The number of thiophene rings is 1. The molecule has 0 radical (unpaired) electrons. The van der Waals surface area contributed by atoms with Gasteiger partial charge in [-0.1, -0.05) is 18.2 Å². The molecule has 2 aromatic rings. The first-order valence-corrected chi connectivity index (χ1v) is 8.94. The number of amides is 2. The monoisotopic (exact) mass is 344 g/mol. The Kier molecular flexibility index (Phi) is 3.79. The highest BCUT2D eigenvalue weighted by Crippen LogP contribution is 2.30. The number of rotatable bonds is 2. The number of benzene rings is 1. The molecule has 6 nitrogen and oxygen atoms in total. The van der Waals surface area contributed by atoms with E-state index in [-0.39, 0.29) is 30.6 Å². The van der Waals surface area contributed by atoms with Gasteiger partial charge < -0.3 is 10.2 Å². The molecule has 2 amide bonds. The molecule has 1 aromatic carbocycles. The number of nitrogens with one attached hydrogen (secondary N) is 1. The van der Waals surface area contributed by atoms with Crippen LogP contribution in [0.4, 0.5) is 0 Å². The first-order chi connectivity index (χ1) is 11.5. The summed E-state index contributed by atoms with van der Waals surface area (Å²) >= 11 is 1.74. The van der Waals surface area contributed by atoms with Crippen LogP contribution in [0.15, 0.2) is 29.6 Å². The lowest BCUT2D eigenvalue weighted by atomic mass is 10.1. The van der Waals surface area contributed by atoms with Crippen molar-refractivity contribution in [3.8, 4) is 0 Å². The first-order valence-electron chi connectivity index (χ1n) is 8.06. The summed E-state index contributed by atoms with van der Waals surface area (Å²) in [6.45, 7) is 3.12. The second-order valence-corrected chi connectivity index (χ2v) is 7.37. The normalized spacial score (nSPS) is 25.8. The molecule has 0 saturated carbocycles. The first kappa shape index (κ1) is 15.6. The summed E-state index contributed by atoms with van der Waals surface area (Å²) in [7, 11) is 1.94. The molecule has 0 spiro atoms. The van der Waals surface area contributed by atoms with Gasteiger partial charge in [0.1, 0.15) is 12.7 Å². The van der Waals surface area contributed by atoms with E-state index >= 15 is 0 Å². The zero-order chi connectivity index (χ0) is 16.8. The molecular weight excluding hydrogens is 324 g/mol. The molecule has 1 N–H and O–H groups in total. The van der Waals surface area contributed by atoms with Crippen molar-refractivity contribution >= 4 is 33.2 Å². The molecule has 2 unspecified atom stereocenters. The van der Waals surface area contributed by atoms with Gasteiger partial charge in [-0.2, -0.15) is 0 Å². The van der Waals surface area contributed by atoms with Gasteiger partial charge in [0.05, 0.1) is 12.6 Å². The Morgan fingerprint density at radius 2 is 2.04 bits per heavy atom. The molecule has 1 aromatic heterocycles. The fourth-order valence-corrected chi connectivity index (χ4v) is 4.62. The number of piperazine rings is 1. The van der Waals surface area contributed by atoms with Crippen LogP contribution in [-0.4, -0.2) is 59.1 Å². The number of carbonyl (C=O) groups is 2. The van der Waals surface area contributed by atoms with E-state index in [0.29, 0.717) is 6.54 Å². The molecule has 0 aliphatic carbocycles. The van der Waals surface area contributed by atoms with Crippen molar-refractivity contribution in [2.45, 2.75) is 25.7 Å². The Bertz CT molecular complexity index is 805. The van der Waals surface area contributed by atoms with Gasteiger partial charge in [0.25, 0.3) is 0 Å². The van der Waals surface area contributed by atoms with E-state index in [2.05, 4.69) is 40.0 Å². The molecule has 4 rings (SSSR count). The van der Waals surface area contributed by atoms with Gasteiger partial charge in [-0.15, -0.1) is 11.3 Å². The highest BCUT2D eigenvalue weighted by Gasteiger charge is 2.44. The van der Waals surface area contributed by atoms with E-state index in [1.807, 2.05) is 19.0 Å². The SMILES string of the molecule is CC1NC(=O)CN2C(=O)CN(C)N(Cc3csc4ccccc34)C12. The maximum absolute atomic E-state index is 12.4. The summed E-state index contributed by atoms with van der Waals surface area (Å²) in [5, 5.41) is 10.6. The van der Waals surface area contributed by atoms with Crippen LogP contribution in [0.1, 0.15) is 12.5 Å². The molecule has 3 heterocycles. The van der Waals surface area contributed by atoms with Crippen molar-refractivity contribution in [2.75, 3.05) is 20.1 Å². The van der Waals surface area contributed by atoms with Crippen molar-refractivity contribution in [3.05, 3.63) is 35.2 Å². The number of likely N-dealkylation sites (N-methyl/N-ethyl adjacent to an activating group) is 1. The lowest BCUT2D eigenvalue weighted by molar-refractivity contribution is -0.189. The largest absolute Gasteiger partial charge is 0.349 e. The minimum absolute atomic E-state index is 0.00984. The Balaban J connectivity index is 1.67. The molecule has 0 bridgehead atoms. The maximum atomic E-state index is 12.4. The molecule has 2 fully saturated rings. The second kappa shape index (κ2) is 5.84. The Morgan fingerprint density at radius 1 is 1.25 bits per heavy atom. The quantitative estimate of drug-likeness (QED) is 0.891. The number of carbonyl (C=O) groups excluding carboxylic acids is 2. The van der Waals surface area contributed by atoms with Gasteiger partial charge in [0.2, 0.25) is 11.8 Å². The third kappa shape index (κ3) is 2.49. The van der Waals surface area contributed by atoms with Crippen molar-refractivity contribution < 1.29 is 9.59 Å². The van der Waals surface area contributed by atoms with Gasteiger partial charge in [-0.25, -0.2) is 10.0 Å². The van der Waals surface area contributed by atoms with Gasteiger partial charge in [0, 0.05) is 18.3 Å². The number of hydrogen-bond acceptors (Lipinski definition) is 5. The third-order valence-electron chi connectivity index (χ3n) is 4.79. The second-order valence-electron chi connectivity index (χ2n) is 6.46. The van der Waals surface area contributed by atoms with Crippen LogP contribution in [0.2, 0.25) is 0 Å². The van der Waals surface area contributed by atoms with Gasteiger partial charge in [0.15, 0.2) is 0 Å². The summed E-state index contributed by atoms with van der Waals surface area (Å²) in [5.74, 6) is -0.0757. The van der Waals surface area contributed by atoms with E-state index in [9.17, 15) is 9.59 Å². The van der Waals surface area contributed by atoms with Crippen LogP contribution in [0.25, 0.3) is 10.1 Å². The zero-order valence-electron chi connectivity index (χ0n) is 13.7. The average molecular weight is 344 g/mol. The van der Waals surface area contributed by atoms with E-state index in [0.717, 1.165) is 6.54 Å². The van der Waals surface area contributed by atoms with Crippen LogP contribution in [0.3, 0.4) is 0 Å². The number of hydrogen-bond donors (Lipinski definition) is 1. The van der Waals surface area contributed by atoms with Crippen molar-refractivity contribution in [3.63, 3.8) is 0 Å². The molecule has 2 atom stereocenters. The van der Waals surface area contributed by atoms with E-state index in [1.165, 1.54) is 15.6 Å². The third-order valence-corrected chi connectivity index (χ3v) is 5.80.